The standard InChI is InChI=1S/C14H31N3/c1-6-14(10-15-9-12(2)3)17-8-7-16(5)11-13(17)4/h12-15H,6-11H2,1-5H3. The first-order chi connectivity index (χ1) is 8.04. The first kappa shape index (κ1) is 14.9. The summed E-state index contributed by atoms with van der Waals surface area (Å²) in [5.41, 5.74) is 0. The summed E-state index contributed by atoms with van der Waals surface area (Å²) >= 11 is 0. The van der Waals surface area contributed by atoms with Gasteiger partial charge in [0.15, 0.2) is 0 Å². The van der Waals surface area contributed by atoms with E-state index >= 15 is 0 Å². The van der Waals surface area contributed by atoms with Crippen LogP contribution in [0.15, 0.2) is 0 Å². The van der Waals surface area contributed by atoms with Gasteiger partial charge in [0.1, 0.15) is 0 Å². The Morgan fingerprint density at radius 2 is 1.94 bits per heavy atom. The second-order valence-corrected chi connectivity index (χ2v) is 5.96. The van der Waals surface area contributed by atoms with E-state index in [0.29, 0.717) is 12.1 Å². The van der Waals surface area contributed by atoms with Crippen molar-refractivity contribution in [2.24, 2.45) is 5.92 Å². The van der Waals surface area contributed by atoms with Gasteiger partial charge in [0.2, 0.25) is 0 Å². The van der Waals surface area contributed by atoms with Crippen LogP contribution < -0.4 is 5.32 Å². The molecular weight excluding hydrogens is 210 g/mol. The summed E-state index contributed by atoms with van der Waals surface area (Å²) in [7, 11) is 2.23. The predicted octanol–water partition coefficient (Wildman–Crippen LogP) is 1.65. The minimum Gasteiger partial charge on any atom is -0.315 e. The van der Waals surface area contributed by atoms with Gasteiger partial charge in [0.25, 0.3) is 0 Å². The van der Waals surface area contributed by atoms with Crippen LogP contribution in [0.1, 0.15) is 34.1 Å². The van der Waals surface area contributed by atoms with Crippen molar-refractivity contribution in [3.05, 3.63) is 0 Å². The summed E-state index contributed by atoms with van der Waals surface area (Å²) in [6.07, 6.45) is 1.25. The largest absolute Gasteiger partial charge is 0.315 e. The summed E-state index contributed by atoms with van der Waals surface area (Å²) in [4.78, 5) is 5.13. The van der Waals surface area contributed by atoms with E-state index in [1.54, 1.807) is 0 Å². The minimum atomic E-state index is 0.694. The van der Waals surface area contributed by atoms with E-state index in [9.17, 15) is 0 Å². The molecule has 0 bridgehead atoms. The maximum absolute atomic E-state index is 3.61. The molecule has 2 atom stereocenters. The van der Waals surface area contributed by atoms with Gasteiger partial charge in [0, 0.05) is 38.3 Å². The molecule has 102 valence electrons. The molecule has 1 heterocycles. The van der Waals surface area contributed by atoms with Crippen LogP contribution >= 0.6 is 0 Å². The second kappa shape index (κ2) is 7.34. The lowest BCUT2D eigenvalue weighted by molar-refractivity contribution is 0.0589. The molecule has 2 unspecified atom stereocenters. The molecule has 0 aromatic heterocycles. The van der Waals surface area contributed by atoms with Gasteiger partial charge in [-0.3, -0.25) is 4.90 Å². The van der Waals surface area contributed by atoms with E-state index in [1.165, 1.54) is 26.1 Å². The van der Waals surface area contributed by atoms with Crippen LogP contribution in [0.25, 0.3) is 0 Å². The lowest BCUT2D eigenvalue weighted by atomic mass is 10.1. The van der Waals surface area contributed by atoms with Gasteiger partial charge >= 0.3 is 0 Å². The molecule has 0 aromatic carbocycles. The Hall–Kier alpha value is -0.120. The Labute approximate surface area is 108 Å². The number of piperazine rings is 1. The SMILES string of the molecule is CCC(CNCC(C)C)N1CCN(C)CC1C. The third-order valence-corrected chi connectivity index (χ3v) is 3.75. The Morgan fingerprint density at radius 3 is 2.47 bits per heavy atom. The molecule has 1 fully saturated rings. The van der Waals surface area contributed by atoms with Crippen molar-refractivity contribution in [3.63, 3.8) is 0 Å². The Bertz CT molecular complexity index is 206. The van der Waals surface area contributed by atoms with Gasteiger partial charge in [-0.25, -0.2) is 0 Å². The smallest absolute Gasteiger partial charge is 0.0221 e. The van der Waals surface area contributed by atoms with Crippen molar-refractivity contribution in [2.45, 2.75) is 46.2 Å². The third-order valence-electron chi connectivity index (χ3n) is 3.75. The van der Waals surface area contributed by atoms with Crippen LogP contribution in [0, 0.1) is 5.92 Å². The maximum Gasteiger partial charge on any atom is 0.0221 e. The number of likely N-dealkylation sites (N-methyl/N-ethyl adjacent to an activating group) is 1. The topological polar surface area (TPSA) is 18.5 Å². The van der Waals surface area contributed by atoms with Crippen molar-refractivity contribution < 1.29 is 0 Å². The molecule has 3 nitrogen and oxygen atoms in total. The zero-order chi connectivity index (χ0) is 12.8. The summed E-state index contributed by atoms with van der Waals surface area (Å²) in [5, 5.41) is 3.61. The van der Waals surface area contributed by atoms with E-state index in [1.807, 2.05) is 0 Å². The predicted molar refractivity (Wildman–Crippen MR) is 75.5 cm³/mol. The van der Waals surface area contributed by atoms with Crippen molar-refractivity contribution in [3.8, 4) is 0 Å². The summed E-state index contributed by atoms with van der Waals surface area (Å²) in [6, 6.07) is 1.40. The highest BCUT2D eigenvalue weighted by atomic mass is 15.3. The highest BCUT2D eigenvalue weighted by molar-refractivity contribution is 4.83. The lowest BCUT2D eigenvalue weighted by Gasteiger charge is -2.43. The molecule has 1 N–H and O–H groups in total. The molecule has 0 amide bonds. The molecule has 0 aromatic rings. The van der Waals surface area contributed by atoms with E-state index in [-0.39, 0.29) is 0 Å². The van der Waals surface area contributed by atoms with Crippen LogP contribution in [0.3, 0.4) is 0 Å². The number of nitrogens with zero attached hydrogens (tertiary/aromatic N) is 2. The van der Waals surface area contributed by atoms with Crippen LogP contribution in [-0.2, 0) is 0 Å². The first-order valence-corrected chi connectivity index (χ1v) is 7.19. The van der Waals surface area contributed by atoms with Gasteiger partial charge in [-0.05, 0) is 32.9 Å². The lowest BCUT2D eigenvalue weighted by Crippen LogP contribution is -2.56. The quantitative estimate of drug-likeness (QED) is 0.763. The normalized spacial score (nSPS) is 25.4. The van der Waals surface area contributed by atoms with E-state index < -0.39 is 0 Å². The Balaban J connectivity index is 2.38. The highest BCUT2D eigenvalue weighted by Crippen LogP contribution is 2.13. The van der Waals surface area contributed by atoms with Crippen LogP contribution in [0.5, 0.6) is 0 Å². The maximum atomic E-state index is 3.61. The summed E-state index contributed by atoms with van der Waals surface area (Å²) in [5.74, 6) is 0.748. The molecule has 17 heavy (non-hydrogen) atoms. The second-order valence-electron chi connectivity index (χ2n) is 5.96. The van der Waals surface area contributed by atoms with Crippen LogP contribution in [-0.4, -0.2) is 61.7 Å². The number of hydrogen-bond acceptors (Lipinski definition) is 3. The van der Waals surface area contributed by atoms with E-state index in [0.717, 1.165) is 19.0 Å². The molecular formula is C14H31N3. The van der Waals surface area contributed by atoms with Crippen LogP contribution in [0.2, 0.25) is 0 Å². The fourth-order valence-electron chi connectivity index (χ4n) is 2.73. The van der Waals surface area contributed by atoms with Crippen molar-refractivity contribution in [1.29, 1.82) is 0 Å². The molecule has 1 saturated heterocycles. The molecule has 0 spiro atoms. The zero-order valence-corrected chi connectivity index (χ0v) is 12.4. The third kappa shape index (κ3) is 4.94. The fraction of sp³-hybridized carbons (Fsp3) is 1.00. The van der Waals surface area contributed by atoms with E-state index in [2.05, 4.69) is 49.9 Å². The van der Waals surface area contributed by atoms with Gasteiger partial charge < -0.3 is 10.2 Å². The van der Waals surface area contributed by atoms with Crippen LogP contribution in [0.4, 0.5) is 0 Å². The average Bonchev–Trinajstić information content (AvgIpc) is 2.25. The van der Waals surface area contributed by atoms with Crippen molar-refractivity contribution >= 4 is 0 Å². The fourth-order valence-corrected chi connectivity index (χ4v) is 2.73. The Kier molecular flexibility index (Phi) is 6.45. The minimum absolute atomic E-state index is 0.694. The number of nitrogens with one attached hydrogen (secondary N) is 1. The molecule has 0 aliphatic carbocycles. The van der Waals surface area contributed by atoms with Crippen molar-refractivity contribution in [2.75, 3.05) is 39.8 Å². The number of rotatable bonds is 6. The molecule has 0 radical (unpaired) electrons. The first-order valence-electron chi connectivity index (χ1n) is 7.19. The number of hydrogen-bond donors (Lipinski definition) is 1. The molecule has 0 saturated carbocycles. The van der Waals surface area contributed by atoms with Gasteiger partial charge in [-0.15, -0.1) is 0 Å². The summed E-state index contributed by atoms with van der Waals surface area (Å²) < 4.78 is 0. The highest BCUT2D eigenvalue weighted by Gasteiger charge is 2.26. The average molecular weight is 241 g/mol. The van der Waals surface area contributed by atoms with Gasteiger partial charge in [0.05, 0.1) is 0 Å². The molecule has 3 heteroatoms. The summed E-state index contributed by atoms with van der Waals surface area (Å²) in [6.45, 7) is 15.1. The Morgan fingerprint density at radius 1 is 1.24 bits per heavy atom. The molecule has 1 rings (SSSR count). The zero-order valence-electron chi connectivity index (χ0n) is 12.4. The molecule has 1 aliphatic rings. The molecule has 1 aliphatic heterocycles. The van der Waals surface area contributed by atoms with Gasteiger partial charge in [-0.1, -0.05) is 20.8 Å². The van der Waals surface area contributed by atoms with E-state index in [4.69, 9.17) is 0 Å². The monoisotopic (exact) mass is 241 g/mol. The van der Waals surface area contributed by atoms with Gasteiger partial charge in [-0.2, -0.15) is 0 Å². The van der Waals surface area contributed by atoms with Crippen molar-refractivity contribution in [1.82, 2.24) is 15.1 Å².